The van der Waals surface area contributed by atoms with Crippen LogP contribution >= 0.6 is 11.8 Å². The summed E-state index contributed by atoms with van der Waals surface area (Å²) in [6.45, 7) is 6.71. The van der Waals surface area contributed by atoms with Gasteiger partial charge < -0.3 is 19.5 Å². The summed E-state index contributed by atoms with van der Waals surface area (Å²) in [5, 5.41) is 3.58. The van der Waals surface area contributed by atoms with Crippen molar-refractivity contribution in [1.29, 1.82) is 0 Å². The normalized spacial score (nSPS) is 16.4. The highest BCUT2D eigenvalue weighted by atomic mass is 32.2. The van der Waals surface area contributed by atoms with Crippen molar-refractivity contribution in [2.75, 3.05) is 45.0 Å². The van der Waals surface area contributed by atoms with Crippen LogP contribution in [0.2, 0.25) is 0 Å². The van der Waals surface area contributed by atoms with Gasteiger partial charge in [-0.05, 0) is 37.6 Å². The van der Waals surface area contributed by atoms with Crippen molar-refractivity contribution in [2.24, 2.45) is 0 Å². The number of ether oxygens (including phenoxy) is 3. The molecule has 1 amide bonds. The van der Waals surface area contributed by atoms with Crippen molar-refractivity contribution in [1.82, 2.24) is 14.5 Å². The van der Waals surface area contributed by atoms with Gasteiger partial charge in [0.1, 0.15) is 0 Å². The van der Waals surface area contributed by atoms with E-state index in [0.717, 1.165) is 39.3 Å². The molecule has 10 heteroatoms. The summed E-state index contributed by atoms with van der Waals surface area (Å²) < 4.78 is 17.8. The maximum absolute atomic E-state index is 13.3. The van der Waals surface area contributed by atoms with Gasteiger partial charge >= 0.3 is 0 Å². The summed E-state index contributed by atoms with van der Waals surface area (Å²) in [6, 6.07) is 12.6. The third kappa shape index (κ3) is 5.44. The fourth-order valence-electron chi connectivity index (χ4n) is 4.14. The summed E-state index contributed by atoms with van der Waals surface area (Å²) in [7, 11) is 0. The number of para-hydroxylation sites is 1. The second-order valence-corrected chi connectivity index (χ2v) is 9.80. The van der Waals surface area contributed by atoms with Crippen molar-refractivity contribution in [3.05, 3.63) is 52.8 Å². The Morgan fingerprint density at radius 3 is 2.77 bits per heavy atom. The van der Waals surface area contributed by atoms with Crippen molar-refractivity contribution in [2.45, 2.75) is 30.3 Å². The molecule has 1 N–H and O–H groups in total. The topological polar surface area (TPSA) is 94.9 Å². The van der Waals surface area contributed by atoms with Gasteiger partial charge in [0.2, 0.25) is 12.7 Å². The Balaban J connectivity index is 1.32. The molecular weight excluding hydrogens is 468 g/mol. The monoisotopic (exact) mass is 496 g/mol. The summed E-state index contributed by atoms with van der Waals surface area (Å²) >= 11 is 1.29. The van der Waals surface area contributed by atoms with Crippen LogP contribution in [0.3, 0.4) is 0 Å². The van der Waals surface area contributed by atoms with Gasteiger partial charge in [0, 0.05) is 37.9 Å². The molecule has 1 fully saturated rings. The van der Waals surface area contributed by atoms with E-state index in [4.69, 9.17) is 19.2 Å². The molecule has 184 valence electrons. The number of benzene rings is 2. The molecule has 2 aromatic carbocycles. The minimum absolute atomic E-state index is 0.0801. The van der Waals surface area contributed by atoms with Crippen LogP contribution in [0.4, 0.5) is 5.69 Å². The van der Waals surface area contributed by atoms with E-state index in [1.165, 1.54) is 11.8 Å². The lowest BCUT2D eigenvalue weighted by Gasteiger charge is -2.26. The zero-order chi connectivity index (χ0) is 24.2. The highest BCUT2D eigenvalue weighted by Gasteiger charge is 2.21. The van der Waals surface area contributed by atoms with Gasteiger partial charge in [0.15, 0.2) is 16.7 Å². The first-order chi connectivity index (χ1) is 17.1. The summed E-state index contributed by atoms with van der Waals surface area (Å²) in [5.74, 6) is 1.08. The van der Waals surface area contributed by atoms with Crippen molar-refractivity contribution >= 4 is 34.3 Å². The zero-order valence-corrected chi connectivity index (χ0v) is 20.4. The van der Waals surface area contributed by atoms with Crippen LogP contribution in [0, 0.1) is 0 Å². The van der Waals surface area contributed by atoms with Gasteiger partial charge in [-0.25, -0.2) is 4.98 Å². The lowest BCUT2D eigenvalue weighted by atomic mass is 10.2. The lowest BCUT2D eigenvalue weighted by Crippen LogP contribution is -2.37. The second kappa shape index (κ2) is 10.7. The number of amides is 1. The number of thioether (sulfide) groups is 1. The fraction of sp³-hybridized carbons (Fsp3) is 0.400. The molecule has 9 nitrogen and oxygen atoms in total. The van der Waals surface area contributed by atoms with Gasteiger partial charge in [-0.2, -0.15) is 0 Å². The van der Waals surface area contributed by atoms with Gasteiger partial charge in [0.05, 0.1) is 29.4 Å². The molecule has 1 atom stereocenters. The Hall–Kier alpha value is -3.08. The average Bonchev–Trinajstić information content (AvgIpc) is 3.34. The van der Waals surface area contributed by atoms with Crippen LogP contribution in [0.15, 0.2) is 52.4 Å². The van der Waals surface area contributed by atoms with E-state index in [2.05, 4.69) is 10.2 Å². The highest BCUT2D eigenvalue weighted by Crippen LogP contribution is 2.34. The Bertz CT molecular complexity index is 1270. The molecule has 0 bridgehead atoms. The first-order valence-corrected chi connectivity index (χ1v) is 12.6. The molecule has 1 aromatic heterocycles. The van der Waals surface area contributed by atoms with E-state index in [1.807, 2.05) is 25.1 Å². The number of rotatable bonds is 8. The Labute approximate surface area is 207 Å². The summed E-state index contributed by atoms with van der Waals surface area (Å²) in [6.07, 6.45) is 0.811. The van der Waals surface area contributed by atoms with Gasteiger partial charge in [-0.3, -0.25) is 19.1 Å². The zero-order valence-electron chi connectivity index (χ0n) is 19.6. The van der Waals surface area contributed by atoms with E-state index in [-0.39, 0.29) is 18.3 Å². The number of hydrogen-bond donors (Lipinski definition) is 1. The predicted octanol–water partition coefficient (Wildman–Crippen LogP) is 2.97. The quantitative estimate of drug-likeness (QED) is 0.376. The van der Waals surface area contributed by atoms with Gasteiger partial charge in [-0.15, -0.1) is 0 Å². The lowest BCUT2D eigenvalue weighted by molar-refractivity contribution is -0.115. The number of nitrogens with one attached hydrogen (secondary N) is 1. The molecule has 2 aliphatic rings. The SMILES string of the molecule is CC(Sc1nc2ccccc2c(=O)n1CCCN1CCOCC1)C(=O)Nc1ccc2c(c1)OCO2. The molecule has 0 saturated carbocycles. The number of morpholine rings is 1. The number of aromatic nitrogens is 2. The maximum Gasteiger partial charge on any atom is 0.262 e. The standard InChI is InChI=1S/C25H28N4O5S/c1-17(23(30)26-18-7-8-21-22(15-18)34-16-33-21)35-25-27-20-6-3-2-5-19(20)24(31)29(25)10-4-9-28-11-13-32-14-12-28/h2-3,5-8,15,17H,4,9-14,16H2,1H3,(H,26,30). The molecular formula is C25H28N4O5S. The molecule has 0 radical (unpaired) electrons. The minimum atomic E-state index is -0.473. The number of carbonyl (C=O) groups is 1. The highest BCUT2D eigenvalue weighted by molar-refractivity contribution is 8.00. The van der Waals surface area contributed by atoms with Crippen LogP contribution < -0.4 is 20.3 Å². The third-order valence-corrected chi connectivity index (χ3v) is 7.17. The Morgan fingerprint density at radius 2 is 1.91 bits per heavy atom. The van der Waals surface area contributed by atoms with E-state index in [9.17, 15) is 9.59 Å². The number of fused-ring (bicyclic) bond motifs is 2. The first-order valence-electron chi connectivity index (χ1n) is 11.8. The summed E-state index contributed by atoms with van der Waals surface area (Å²) in [5.41, 5.74) is 1.18. The molecule has 35 heavy (non-hydrogen) atoms. The van der Waals surface area contributed by atoms with Crippen LogP contribution in [0.1, 0.15) is 13.3 Å². The van der Waals surface area contributed by atoms with Crippen molar-refractivity contribution in [3.63, 3.8) is 0 Å². The molecule has 0 aliphatic carbocycles. The second-order valence-electron chi connectivity index (χ2n) is 8.49. The largest absolute Gasteiger partial charge is 0.454 e. The number of anilines is 1. The maximum atomic E-state index is 13.3. The molecule has 0 spiro atoms. The van der Waals surface area contributed by atoms with E-state index in [0.29, 0.717) is 39.8 Å². The number of hydrogen-bond acceptors (Lipinski definition) is 8. The predicted molar refractivity (Wildman–Crippen MR) is 134 cm³/mol. The Kier molecular flexibility index (Phi) is 7.21. The number of nitrogens with zero attached hydrogens (tertiary/aromatic N) is 3. The smallest absolute Gasteiger partial charge is 0.262 e. The summed E-state index contributed by atoms with van der Waals surface area (Å²) in [4.78, 5) is 33.4. The average molecular weight is 497 g/mol. The van der Waals surface area contributed by atoms with Crippen LogP contribution in [0.25, 0.3) is 10.9 Å². The fourth-order valence-corrected chi connectivity index (χ4v) is 5.08. The molecule has 3 aromatic rings. The van der Waals surface area contributed by atoms with Crippen molar-refractivity contribution in [3.8, 4) is 11.5 Å². The Morgan fingerprint density at radius 1 is 1.11 bits per heavy atom. The molecule has 5 rings (SSSR count). The van der Waals surface area contributed by atoms with E-state index >= 15 is 0 Å². The van der Waals surface area contributed by atoms with Crippen molar-refractivity contribution < 1.29 is 19.0 Å². The van der Waals surface area contributed by atoms with Crippen LogP contribution in [-0.4, -0.2) is 65.2 Å². The third-order valence-electron chi connectivity index (χ3n) is 6.08. The minimum Gasteiger partial charge on any atom is -0.454 e. The van der Waals surface area contributed by atoms with Gasteiger partial charge in [0.25, 0.3) is 5.56 Å². The van der Waals surface area contributed by atoms with E-state index in [1.54, 1.807) is 28.8 Å². The van der Waals surface area contributed by atoms with Gasteiger partial charge in [-0.1, -0.05) is 23.9 Å². The van der Waals surface area contributed by atoms with Crippen LogP contribution in [-0.2, 0) is 16.1 Å². The number of carbonyl (C=O) groups excluding carboxylic acids is 1. The molecule has 2 aliphatic heterocycles. The first kappa shape index (κ1) is 23.7. The molecule has 3 heterocycles. The van der Waals surface area contributed by atoms with Crippen LogP contribution in [0.5, 0.6) is 11.5 Å². The van der Waals surface area contributed by atoms with E-state index < -0.39 is 5.25 Å². The molecule has 1 saturated heterocycles. The molecule has 1 unspecified atom stereocenters.